The number of hydrogen-bond acceptors (Lipinski definition) is 4. The van der Waals surface area contributed by atoms with Gasteiger partial charge in [-0.2, -0.15) is 0 Å². The van der Waals surface area contributed by atoms with Crippen LogP contribution < -0.4 is 0 Å². The molecule has 0 aromatic rings. The number of carboxylic acids is 4. The molecule has 0 aromatic carbocycles. The number of hydrogen-bond donors (Lipinski definition) is 4. The van der Waals surface area contributed by atoms with E-state index in [0.29, 0.717) is 25.7 Å². The largest absolute Gasteiger partial charge is 0.481 e. The lowest BCUT2D eigenvalue weighted by Crippen LogP contribution is -2.32. The van der Waals surface area contributed by atoms with E-state index in [9.17, 15) is 19.2 Å². The molecule has 1 fully saturated rings. The SMILES string of the molecule is O=C(O)C1CCCCC1C(=O)O.O=C(O)CCCCCCCC(=O)O. The molecule has 1 aliphatic carbocycles. The quantitative estimate of drug-likeness (QED) is 0.434. The number of unbranched alkanes of at least 4 members (excludes halogenated alkanes) is 4. The van der Waals surface area contributed by atoms with E-state index in [4.69, 9.17) is 20.4 Å². The smallest absolute Gasteiger partial charge is 0.307 e. The van der Waals surface area contributed by atoms with Crippen LogP contribution in [0.5, 0.6) is 0 Å². The molecule has 0 saturated heterocycles. The van der Waals surface area contributed by atoms with Crippen molar-refractivity contribution in [1.29, 1.82) is 0 Å². The van der Waals surface area contributed by atoms with Gasteiger partial charge in [0.05, 0.1) is 11.8 Å². The second-order valence-electron chi connectivity index (χ2n) is 6.23. The van der Waals surface area contributed by atoms with Crippen molar-refractivity contribution in [3.63, 3.8) is 0 Å². The average molecular weight is 360 g/mol. The third-order valence-corrected chi connectivity index (χ3v) is 4.18. The average Bonchev–Trinajstić information content (AvgIpc) is 2.54. The molecule has 0 spiro atoms. The van der Waals surface area contributed by atoms with E-state index in [2.05, 4.69) is 0 Å². The number of aliphatic carboxylic acids is 4. The standard InChI is InChI=1S/C9H16O4.C8H12O4/c10-8(11)6-4-2-1-3-5-7-9(12)13;9-7(10)5-3-1-2-4-6(5)8(11)12/h1-7H2,(H,10,11)(H,12,13);5-6H,1-4H2,(H,9,10)(H,11,12). The Kier molecular flexibility index (Phi) is 12.1. The van der Waals surface area contributed by atoms with Crippen LogP contribution in [0, 0.1) is 11.8 Å². The first kappa shape index (κ1) is 22.9. The van der Waals surface area contributed by atoms with Gasteiger partial charge in [-0.15, -0.1) is 0 Å². The maximum atomic E-state index is 10.6. The van der Waals surface area contributed by atoms with Gasteiger partial charge in [-0.1, -0.05) is 32.1 Å². The van der Waals surface area contributed by atoms with Crippen molar-refractivity contribution in [2.75, 3.05) is 0 Å². The Hall–Kier alpha value is -2.12. The molecule has 144 valence electrons. The van der Waals surface area contributed by atoms with E-state index in [0.717, 1.165) is 32.1 Å². The molecule has 2 unspecified atom stereocenters. The van der Waals surface area contributed by atoms with Gasteiger partial charge < -0.3 is 20.4 Å². The molecular formula is C17H28O8. The monoisotopic (exact) mass is 360 g/mol. The lowest BCUT2D eigenvalue weighted by Gasteiger charge is -2.24. The number of carbonyl (C=O) groups is 4. The highest BCUT2D eigenvalue weighted by atomic mass is 16.4. The molecule has 0 aliphatic heterocycles. The van der Waals surface area contributed by atoms with Crippen LogP contribution in [0.2, 0.25) is 0 Å². The Morgan fingerprint density at radius 3 is 1.20 bits per heavy atom. The molecular weight excluding hydrogens is 332 g/mol. The predicted octanol–water partition coefficient (Wildman–Crippen LogP) is 2.85. The van der Waals surface area contributed by atoms with Crippen LogP contribution in [-0.4, -0.2) is 44.3 Å². The summed E-state index contributed by atoms with van der Waals surface area (Å²) >= 11 is 0. The Balaban J connectivity index is 0.000000462. The van der Waals surface area contributed by atoms with Crippen LogP contribution >= 0.6 is 0 Å². The van der Waals surface area contributed by atoms with Crippen LogP contribution in [0.1, 0.15) is 70.6 Å². The highest BCUT2D eigenvalue weighted by Gasteiger charge is 2.35. The van der Waals surface area contributed by atoms with Crippen molar-refractivity contribution in [2.24, 2.45) is 11.8 Å². The second kappa shape index (κ2) is 13.2. The summed E-state index contributed by atoms with van der Waals surface area (Å²) < 4.78 is 0. The maximum Gasteiger partial charge on any atom is 0.307 e. The van der Waals surface area contributed by atoms with Crippen LogP contribution in [0.3, 0.4) is 0 Å². The molecule has 1 rings (SSSR count). The van der Waals surface area contributed by atoms with E-state index >= 15 is 0 Å². The second-order valence-corrected chi connectivity index (χ2v) is 6.23. The third kappa shape index (κ3) is 12.0. The van der Waals surface area contributed by atoms with Crippen molar-refractivity contribution in [1.82, 2.24) is 0 Å². The zero-order valence-corrected chi connectivity index (χ0v) is 14.4. The van der Waals surface area contributed by atoms with Gasteiger partial charge in [0, 0.05) is 12.8 Å². The van der Waals surface area contributed by atoms with Gasteiger partial charge >= 0.3 is 23.9 Å². The Bertz CT molecular complexity index is 406. The zero-order valence-electron chi connectivity index (χ0n) is 14.4. The molecule has 8 heteroatoms. The lowest BCUT2D eigenvalue weighted by molar-refractivity contribution is -0.155. The van der Waals surface area contributed by atoms with Gasteiger partial charge in [-0.05, 0) is 25.7 Å². The molecule has 0 aromatic heterocycles. The molecule has 0 heterocycles. The van der Waals surface area contributed by atoms with Crippen molar-refractivity contribution in [3.8, 4) is 0 Å². The lowest BCUT2D eigenvalue weighted by atomic mass is 9.79. The normalized spacial score (nSPS) is 19.4. The van der Waals surface area contributed by atoms with E-state index in [-0.39, 0.29) is 12.8 Å². The van der Waals surface area contributed by atoms with E-state index in [1.54, 1.807) is 0 Å². The molecule has 0 amide bonds. The summed E-state index contributed by atoms with van der Waals surface area (Å²) in [6.07, 6.45) is 7.21. The Morgan fingerprint density at radius 2 is 0.920 bits per heavy atom. The molecule has 2 atom stereocenters. The summed E-state index contributed by atoms with van der Waals surface area (Å²) in [7, 11) is 0. The molecule has 0 radical (unpaired) electrons. The first-order valence-electron chi connectivity index (χ1n) is 8.65. The molecule has 1 aliphatic rings. The van der Waals surface area contributed by atoms with Crippen LogP contribution in [-0.2, 0) is 19.2 Å². The first-order valence-corrected chi connectivity index (χ1v) is 8.65. The fraction of sp³-hybridized carbons (Fsp3) is 0.765. The molecule has 0 bridgehead atoms. The minimum Gasteiger partial charge on any atom is -0.481 e. The summed E-state index contributed by atoms with van der Waals surface area (Å²) in [5.74, 6) is -4.80. The van der Waals surface area contributed by atoms with E-state index in [1.807, 2.05) is 0 Å². The minimum atomic E-state index is -0.970. The van der Waals surface area contributed by atoms with Crippen molar-refractivity contribution in [3.05, 3.63) is 0 Å². The minimum absolute atomic E-state index is 0.221. The number of carboxylic acid groups (broad SMARTS) is 4. The molecule has 1 saturated carbocycles. The van der Waals surface area contributed by atoms with Gasteiger partial charge in [0.15, 0.2) is 0 Å². The molecule has 25 heavy (non-hydrogen) atoms. The summed E-state index contributed by atoms with van der Waals surface area (Å²) in [6.45, 7) is 0. The topological polar surface area (TPSA) is 149 Å². The fourth-order valence-electron chi connectivity index (χ4n) is 2.80. The highest BCUT2D eigenvalue weighted by molar-refractivity contribution is 5.80. The molecule has 4 N–H and O–H groups in total. The van der Waals surface area contributed by atoms with E-state index < -0.39 is 35.7 Å². The highest BCUT2D eigenvalue weighted by Crippen LogP contribution is 2.30. The van der Waals surface area contributed by atoms with Crippen LogP contribution in [0.25, 0.3) is 0 Å². The van der Waals surface area contributed by atoms with Crippen molar-refractivity contribution < 1.29 is 39.6 Å². The van der Waals surface area contributed by atoms with Crippen molar-refractivity contribution >= 4 is 23.9 Å². The predicted molar refractivity (Wildman–Crippen MR) is 88.3 cm³/mol. The van der Waals surface area contributed by atoms with Crippen LogP contribution in [0.15, 0.2) is 0 Å². The van der Waals surface area contributed by atoms with Gasteiger partial charge in [0.2, 0.25) is 0 Å². The van der Waals surface area contributed by atoms with Gasteiger partial charge in [-0.25, -0.2) is 0 Å². The van der Waals surface area contributed by atoms with Crippen molar-refractivity contribution in [2.45, 2.75) is 70.6 Å². The fourth-order valence-corrected chi connectivity index (χ4v) is 2.80. The molecule has 8 nitrogen and oxygen atoms in total. The number of rotatable bonds is 10. The van der Waals surface area contributed by atoms with Crippen LogP contribution in [0.4, 0.5) is 0 Å². The van der Waals surface area contributed by atoms with Gasteiger partial charge in [-0.3, -0.25) is 19.2 Å². The Labute approximate surface area is 146 Å². The first-order chi connectivity index (χ1) is 11.8. The van der Waals surface area contributed by atoms with E-state index in [1.165, 1.54) is 0 Å². The summed E-state index contributed by atoms with van der Waals surface area (Å²) in [5.41, 5.74) is 0. The third-order valence-electron chi connectivity index (χ3n) is 4.18. The van der Waals surface area contributed by atoms with Gasteiger partial charge in [0.25, 0.3) is 0 Å². The van der Waals surface area contributed by atoms with Gasteiger partial charge in [0.1, 0.15) is 0 Å². The zero-order chi connectivity index (χ0) is 19.2. The summed E-state index contributed by atoms with van der Waals surface area (Å²) in [4.78, 5) is 41.4. The maximum absolute atomic E-state index is 10.6. The summed E-state index contributed by atoms with van der Waals surface area (Å²) in [5, 5.41) is 34.0. The summed E-state index contributed by atoms with van der Waals surface area (Å²) in [6, 6.07) is 0. The Morgan fingerprint density at radius 1 is 0.600 bits per heavy atom.